The van der Waals surface area contributed by atoms with Crippen molar-refractivity contribution in [2.75, 3.05) is 43.4 Å². The van der Waals surface area contributed by atoms with Crippen LogP contribution in [0.25, 0.3) is 0 Å². The predicted octanol–water partition coefficient (Wildman–Crippen LogP) is 2.26. The highest BCUT2D eigenvalue weighted by atomic mass is 16.5. The molecule has 2 aliphatic heterocycles. The van der Waals surface area contributed by atoms with Crippen LogP contribution in [0.4, 0.5) is 11.4 Å². The van der Waals surface area contributed by atoms with Gasteiger partial charge in [0.05, 0.1) is 18.8 Å². The summed E-state index contributed by atoms with van der Waals surface area (Å²) in [5.74, 6) is 0.196. The predicted molar refractivity (Wildman–Crippen MR) is 122 cm³/mol. The lowest BCUT2D eigenvalue weighted by atomic mass is 10.1. The smallest absolute Gasteiger partial charge is 0.265 e. The van der Waals surface area contributed by atoms with Crippen LogP contribution in [0.15, 0.2) is 48.5 Å². The molecule has 0 saturated carbocycles. The molecule has 4 rings (SSSR count). The fourth-order valence-electron chi connectivity index (χ4n) is 4.13. The molecule has 168 valence electrons. The highest BCUT2D eigenvalue weighted by Crippen LogP contribution is 2.33. The number of nitrogens with zero attached hydrogens (tertiary/aromatic N) is 2. The number of para-hydroxylation sites is 2. The van der Waals surface area contributed by atoms with E-state index in [0.717, 1.165) is 38.0 Å². The van der Waals surface area contributed by atoms with Crippen LogP contribution < -0.4 is 20.3 Å². The molecule has 32 heavy (non-hydrogen) atoms. The Morgan fingerprint density at radius 3 is 2.44 bits per heavy atom. The van der Waals surface area contributed by atoms with E-state index < -0.39 is 6.10 Å². The summed E-state index contributed by atoms with van der Waals surface area (Å²) < 4.78 is 6.02. The quantitative estimate of drug-likeness (QED) is 0.750. The molecule has 2 aromatic carbocycles. The van der Waals surface area contributed by atoms with E-state index in [1.165, 1.54) is 0 Å². The Balaban J connectivity index is 1.44. The van der Waals surface area contributed by atoms with Crippen molar-refractivity contribution in [2.45, 2.75) is 25.4 Å². The topological polar surface area (TPSA) is 91.0 Å². The average molecular weight is 437 g/mol. The molecule has 3 amide bonds. The van der Waals surface area contributed by atoms with Crippen molar-refractivity contribution in [3.63, 3.8) is 0 Å². The van der Waals surface area contributed by atoms with Crippen LogP contribution in [0.3, 0.4) is 0 Å². The highest BCUT2D eigenvalue weighted by Gasteiger charge is 2.34. The van der Waals surface area contributed by atoms with Gasteiger partial charge >= 0.3 is 0 Å². The van der Waals surface area contributed by atoms with Gasteiger partial charge in [0, 0.05) is 31.4 Å². The molecule has 0 radical (unpaired) electrons. The van der Waals surface area contributed by atoms with Gasteiger partial charge in [0.25, 0.3) is 11.8 Å². The number of rotatable bonds is 5. The summed E-state index contributed by atoms with van der Waals surface area (Å²) in [6.07, 6.45) is 2.54. The van der Waals surface area contributed by atoms with E-state index >= 15 is 0 Å². The van der Waals surface area contributed by atoms with Crippen molar-refractivity contribution in [1.29, 1.82) is 0 Å². The maximum atomic E-state index is 13.0. The van der Waals surface area contributed by atoms with Crippen molar-refractivity contribution in [3.8, 4) is 5.75 Å². The molecule has 0 spiro atoms. The molecule has 0 bridgehead atoms. The summed E-state index contributed by atoms with van der Waals surface area (Å²) in [6.45, 7) is 1.91. The first-order valence-electron chi connectivity index (χ1n) is 11.0. The fraction of sp³-hybridized carbons (Fsp3) is 0.375. The third-order valence-electron chi connectivity index (χ3n) is 5.80. The first kappa shape index (κ1) is 21.7. The molecule has 2 aromatic rings. The number of nitrogens with one attached hydrogen (secondary N) is 2. The molecule has 1 atom stereocenters. The van der Waals surface area contributed by atoms with E-state index in [0.29, 0.717) is 23.5 Å². The minimum absolute atomic E-state index is 0.0191. The average Bonchev–Trinajstić information content (AvgIpc) is 2.84. The Kier molecular flexibility index (Phi) is 6.58. The van der Waals surface area contributed by atoms with Gasteiger partial charge in [-0.05, 0) is 55.7 Å². The number of benzene rings is 2. The molecule has 8 heteroatoms. The molecule has 8 nitrogen and oxygen atoms in total. The van der Waals surface area contributed by atoms with Gasteiger partial charge in [-0.2, -0.15) is 0 Å². The second-order valence-corrected chi connectivity index (χ2v) is 8.05. The van der Waals surface area contributed by atoms with Crippen molar-refractivity contribution in [2.24, 2.45) is 0 Å². The molecule has 2 aliphatic rings. The first-order valence-corrected chi connectivity index (χ1v) is 11.0. The SMILES string of the molecule is CNC(=O)c1ccc(NC(=O)CN2CC(C(=O)N3CCCCC3)Oc3ccccc32)cc1. The molecular weight excluding hydrogens is 408 g/mol. The number of likely N-dealkylation sites (tertiary alicyclic amines) is 1. The standard InChI is InChI=1S/C24H28N4O4/c1-25-23(30)17-9-11-18(12-10-17)26-22(29)16-28-15-21(24(31)27-13-5-2-6-14-27)32-20-8-4-3-7-19(20)28/h3-4,7-12,21H,2,5-6,13-16H2,1H3,(H,25,30)(H,26,29). The van der Waals surface area contributed by atoms with E-state index in [9.17, 15) is 14.4 Å². The third kappa shape index (κ3) is 4.85. The largest absolute Gasteiger partial charge is 0.477 e. The van der Waals surface area contributed by atoms with Crippen LogP contribution in [0.1, 0.15) is 29.6 Å². The molecular formula is C24H28N4O4. The van der Waals surface area contributed by atoms with Gasteiger partial charge in [-0.25, -0.2) is 0 Å². The molecule has 1 saturated heterocycles. The van der Waals surface area contributed by atoms with Gasteiger partial charge < -0.3 is 25.2 Å². The third-order valence-corrected chi connectivity index (χ3v) is 5.80. The van der Waals surface area contributed by atoms with Crippen molar-refractivity contribution >= 4 is 29.1 Å². The fourth-order valence-corrected chi connectivity index (χ4v) is 4.13. The second-order valence-electron chi connectivity index (χ2n) is 8.05. The summed E-state index contributed by atoms with van der Waals surface area (Å²) in [5, 5.41) is 5.43. The van der Waals surface area contributed by atoms with Crippen LogP contribution in [0.5, 0.6) is 5.75 Å². The number of amides is 3. The van der Waals surface area contributed by atoms with Crippen LogP contribution in [-0.4, -0.2) is 62.0 Å². The lowest BCUT2D eigenvalue weighted by Gasteiger charge is -2.38. The van der Waals surface area contributed by atoms with Crippen LogP contribution in [0.2, 0.25) is 0 Å². The normalized spacial score (nSPS) is 17.7. The minimum Gasteiger partial charge on any atom is -0.477 e. The zero-order valence-corrected chi connectivity index (χ0v) is 18.2. The van der Waals surface area contributed by atoms with E-state index in [-0.39, 0.29) is 24.3 Å². The van der Waals surface area contributed by atoms with Crippen molar-refractivity contribution < 1.29 is 19.1 Å². The van der Waals surface area contributed by atoms with Gasteiger partial charge in [-0.3, -0.25) is 14.4 Å². The van der Waals surface area contributed by atoms with E-state index in [2.05, 4.69) is 10.6 Å². The van der Waals surface area contributed by atoms with Crippen molar-refractivity contribution in [1.82, 2.24) is 10.2 Å². The Morgan fingerprint density at radius 1 is 1.00 bits per heavy atom. The van der Waals surface area contributed by atoms with E-state index in [4.69, 9.17) is 4.74 Å². The zero-order chi connectivity index (χ0) is 22.5. The highest BCUT2D eigenvalue weighted by molar-refractivity contribution is 5.97. The molecule has 2 N–H and O–H groups in total. The number of anilines is 2. The van der Waals surface area contributed by atoms with Crippen LogP contribution >= 0.6 is 0 Å². The first-order chi connectivity index (χ1) is 15.5. The number of carbonyl (C=O) groups excluding carboxylic acids is 3. The second kappa shape index (κ2) is 9.72. The molecule has 2 heterocycles. The number of carbonyl (C=O) groups is 3. The number of ether oxygens (including phenoxy) is 1. The zero-order valence-electron chi connectivity index (χ0n) is 18.2. The summed E-state index contributed by atoms with van der Waals surface area (Å²) in [7, 11) is 1.57. The summed E-state index contributed by atoms with van der Waals surface area (Å²) in [6, 6.07) is 14.2. The number of fused-ring (bicyclic) bond motifs is 1. The summed E-state index contributed by atoms with van der Waals surface area (Å²) >= 11 is 0. The Labute approximate surface area is 187 Å². The van der Waals surface area contributed by atoms with Gasteiger partial charge in [0.15, 0.2) is 6.10 Å². The minimum atomic E-state index is -0.636. The van der Waals surface area contributed by atoms with Crippen LogP contribution in [0, 0.1) is 0 Å². The summed E-state index contributed by atoms with van der Waals surface area (Å²) in [5.41, 5.74) is 1.91. The van der Waals surface area contributed by atoms with Gasteiger partial charge in [-0.1, -0.05) is 12.1 Å². The lowest BCUT2D eigenvalue weighted by molar-refractivity contribution is -0.139. The van der Waals surface area contributed by atoms with Crippen LogP contribution in [-0.2, 0) is 9.59 Å². The van der Waals surface area contributed by atoms with E-state index in [1.54, 1.807) is 31.3 Å². The molecule has 0 aromatic heterocycles. The Bertz CT molecular complexity index is 986. The van der Waals surface area contributed by atoms with E-state index in [1.807, 2.05) is 34.1 Å². The Hall–Kier alpha value is -3.55. The molecule has 1 unspecified atom stereocenters. The number of hydrogen-bond acceptors (Lipinski definition) is 5. The van der Waals surface area contributed by atoms with Gasteiger partial charge in [0.1, 0.15) is 5.75 Å². The Morgan fingerprint density at radius 2 is 1.72 bits per heavy atom. The lowest BCUT2D eigenvalue weighted by Crippen LogP contribution is -2.52. The maximum absolute atomic E-state index is 13.0. The number of piperidine rings is 1. The number of hydrogen-bond donors (Lipinski definition) is 2. The monoisotopic (exact) mass is 436 g/mol. The maximum Gasteiger partial charge on any atom is 0.265 e. The van der Waals surface area contributed by atoms with Gasteiger partial charge in [0.2, 0.25) is 5.91 Å². The molecule has 1 fully saturated rings. The van der Waals surface area contributed by atoms with Crippen molar-refractivity contribution in [3.05, 3.63) is 54.1 Å². The molecule has 0 aliphatic carbocycles. The summed E-state index contributed by atoms with van der Waals surface area (Å²) in [4.78, 5) is 41.3. The van der Waals surface area contributed by atoms with Gasteiger partial charge in [-0.15, -0.1) is 0 Å².